The lowest BCUT2D eigenvalue weighted by atomic mass is 10.1. The minimum absolute atomic E-state index is 0.115. The Morgan fingerprint density at radius 3 is 2.87 bits per heavy atom. The molecule has 0 radical (unpaired) electrons. The number of para-hydroxylation sites is 1. The van der Waals surface area contributed by atoms with Gasteiger partial charge in [-0.2, -0.15) is 0 Å². The van der Waals surface area contributed by atoms with Gasteiger partial charge in [0, 0.05) is 35.1 Å². The Kier molecular flexibility index (Phi) is 4.48. The number of hydrogen-bond acceptors (Lipinski definition) is 5. The van der Waals surface area contributed by atoms with Crippen LogP contribution in [0.25, 0.3) is 22.4 Å². The molecule has 1 fully saturated rings. The Morgan fingerprint density at radius 2 is 2.10 bits per heavy atom. The molecule has 5 rings (SSSR count). The summed E-state index contributed by atoms with van der Waals surface area (Å²) in [4.78, 5) is 30.7. The van der Waals surface area contributed by atoms with Crippen LogP contribution in [0.15, 0.2) is 58.3 Å². The first-order valence-corrected chi connectivity index (χ1v) is 10.4. The average Bonchev–Trinajstić information content (AvgIpc) is 3.47. The number of amides is 3. The number of aryl methyl sites for hydroxylation is 1. The second kappa shape index (κ2) is 7.31. The Hall–Kier alpha value is -3.65. The molecule has 3 amide bonds. The molecule has 2 aromatic carbocycles. The molecule has 7 nitrogen and oxygen atoms in total. The van der Waals surface area contributed by atoms with E-state index in [1.807, 2.05) is 42.6 Å². The van der Waals surface area contributed by atoms with E-state index >= 15 is 0 Å². The minimum atomic E-state index is -0.249. The first kappa shape index (κ1) is 18.4. The molecule has 1 aliphatic heterocycles. The smallest absolute Gasteiger partial charge is 0.322 e. The van der Waals surface area contributed by atoms with Crippen LogP contribution in [0.3, 0.4) is 0 Å². The van der Waals surface area contributed by atoms with Gasteiger partial charge in [0.15, 0.2) is 10.9 Å². The number of nitrogens with zero attached hydrogens (tertiary/aromatic N) is 2. The number of aromatic nitrogens is 1. The lowest BCUT2D eigenvalue weighted by Gasteiger charge is -2.17. The van der Waals surface area contributed by atoms with Crippen LogP contribution < -0.4 is 15.5 Å². The van der Waals surface area contributed by atoms with Crippen molar-refractivity contribution in [2.45, 2.75) is 6.92 Å². The summed E-state index contributed by atoms with van der Waals surface area (Å²) in [6.07, 6.45) is 0. The van der Waals surface area contributed by atoms with Gasteiger partial charge in [-0.1, -0.05) is 18.2 Å². The summed E-state index contributed by atoms with van der Waals surface area (Å²) in [5.74, 6) is 0.415. The Balaban J connectivity index is 1.33. The number of carbonyl (C=O) groups is 2. The highest BCUT2D eigenvalue weighted by molar-refractivity contribution is 7.14. The van der Waals surface area contributed by atoms with E-state index in [9.17, 15) is 9.59 Å². The molecule has 1 saturated heterocycles. The number of rotatable bonds is 4. The normalized spacial score (nSPS) is 13.6. The van der Waals surface area contributed by atoms with E-state index < -0.39 is 0 Å². The van der Waals surface area contributed by atoms with Crippen molar-refractivity contribution in [3.63, 3.8) is 0 Å². The van der Waals surface area contributed by atoms with Gasteiger partial charge in [0.05, 0.1) is 0 Å². The third kappa shape index (κ3) is 3.31. The van der Waals surface area contributed by atoms with Crippen LogP contribution in [-0.4, -0.2) is 30.0 Å². The van der Waals surface area contributed by atoms with Crippen LogP contribution in [0.5, 0.6) is 0 Å². The van der Waals surface area contributed by atoms with Gasteiger partial charge in [0.2, 0.25) is 0 Å². The lowest BCUT2D eigenvalue weighted by molar-refractivity contribution is 0.102. The number of furan rings is 1. The topological polar surface area (TPSA) is 87.5 Å². The van der Waals surface area contributed by atoms with Crippen molar-refractivity contribution < 1.29 is 14.0 Å². The van der Waals surface area contributed by atoms with Crippen molar-refractivity contribution in [3.05, 3.63) is 65.0 Å². The second-order valence-corrected chi connectivity index (χ2v) is 7.88. The summed E-state index contributed by atoms with van der Waals surface area (Å²) >= 11 is 1.34. The molecule has 2 N–H and O–H groups in total. The van der Waals surface area contributed by atoms with Crippen molar-refractivity contribution in [2.75, 3.05) is 23.3 Å². The number of fused-ring (bicyclic) bond motifs is 1. The molecule has 0 saturated carbocycles. The first-order chi connectivity index (χ1) is 14.6. The fourth-order valence-electron chi connectivity index (χ4n) is 3.52. The van der Waals surface area contributed by atoms with E-state index in [4.69, 9.17) is 4.42 Å². The average molecular weight is 418 g/mol. The molecule has 4 aromatic rings. The van der Waals surface area contributed by atoms with E-state index in [-0.39, 0.29) is 11.9 Å². The van der Waals surface area contributed by atoms with E-state index in [0.29, 0.717) is 35.2 Å². The number of hydrogen-bond donors (Lipinski definition) is 2. The van der Waals surface area contributed by atoms with Crippen LogP contribution in [0.4, 0.5) is 15.6 Å². The summed E-state index contributed by atoms with van der Waals surface area (Å²) in [5, 5.41) is 8.98. The molecule has 150 valence electrons. The highest BCUT2D eigenvalue weighted by Gasteiger charge is 2.23. The van der Waals surface area contributed by atoms with E-state index in [2.05, 4.69) is 15.6 Å². The third-order valence-corrected chi connectivity index (χ3v) is 5.77. The summed E-state index contributed by atoms with van der Waals surface area (Å²) in [7, 11) is 0. The van der Waals surface area contributed by atoms with E-state index in [1.165, 1.54) is 11.3 Å². The maximum atomic E-state index is 12.7. The lowest BCUT2D eigenvalue weighted by Crippen LogP contribution is -2.28. The number of carbonyl (C=O) groups excluding carboxylic acids is 2. The quantitative estimate of drug-likeness (QED) is 0.505. The van der Waals surface area contributed by atoms with Crippen molar-refractivity contribution in [2.24, 2.45) is 0 Å². The van der Waals surface area contributed by atoms with Gasteiger partial charge in [0.25, 0.3) is 5.91 Å². The largest absolute Gasteiger partial charge is 0.454 e. The second-order valence-electron chi connectivity index (χ2n) is 7.03. The molecule has 0 bridgehead atoms. The number of urea groups is 1. The fourth-order valence-corrected chi connectivity index (χ4v) is 4.22. The number of nitrogens with one attached hydrogen (secondary N) is 2. The Labute approximate surface area is 176 Å². The summed E-state index contributed by atoms with van der Waals surface area (Å²) < 4.78 is 5.84. The predicted molar refractivity (Wildman–Crippen MR) is 117 cm³/mol. The Bertz CT molecular complexity index is 1240. The zero-order valence-corrected chi connectivity index (χ0v) is 17.0. The zero-order valence-electron chi connectivity index (χ0n) is 16.1. The predicted octanol–water partition coefficient (Wildman–Crippen LogP) is 4.65. The van der Waals surface area contributed by atoms with Gasteiger partial charge in [-0.15, -0.1) is 11.3 Å². The standard InChI is InChI=1S/C22H18N4O3S/c1-13-10-15(6-7-17(13)26-9-8-23-22(26)28)20(27)25-21-24-16(12-30-21)19-11-14-4-2-3-5-18(14)29-19/h2-7,10-12H,8-9H2,1H3,(H,23,28)(H,24,25,27). The molecule has 0 unspecified atom stereocenters. The molecule has 30 heavy (non-hydrogen) atoms. The molecule has 0 aliphatic carbocycles. The fraction of sp³-hybridized carbons (Fsp3) is 0.136. The van der Waals surface area contributed by atoms with Crippen LogP contribution in [0.2, 0.25) is 0 Å². The van der Waals surface area contributed by atoms with Gasteiger partial charge in [0.1, 0.15) is 11.3 Å². The maximum Gasteiger partial charge on any atom is 0.322 e. The van der Waals surface area contributed by atoms with Crippen LogP contribution >= 0.6 is 11.3 Å². The SMILES string of the molecule is Cc1cc(C(=O)Nc2nc(-c3cc4ccccc4o3)cs2)ccc1N1CCNC1=O. The summed E-state index contributed by atoms with van der Waals surface area (Å²) in [6, 6.07) is 14.9. The van der Waals surface area contributed by atoms with Crippen molar-refractivity contribution in [3.8, 4) is 11.5 Å². The van der Waals surface area contributed by atoms with Gasteiger partial charge >= 0.3 is 6.03 Å². The minimum Gasteiger partial charge on any atom is -0.454 e. The first-order valence-electron chi connectivity index (χ1n) is 9.50. The Morgan fingerprint density at radius 1 is 1.23 bits per heavy atom. The molecule has 0 atom stereocenters. The number of anilines is 2. The van der Waals surface area contributed by atoms with Crippen molar-refractivity contribution >= 4 is 45.1 Å². The zero-order chi connectivity index (χ0) is 20.7. The molecular formula is C22H18N4O3S. The molecule has 2 aromatic heterocycles. The third-order valence-electron chi connectivity index (χ3n) is 5.01. The van der Waals surface area contributed by atoms with E-state index in [0.717, 1.165) is 22.2 Å². The van der Waals surface area contributed by atoms with Crippen molar-refractivity contribution in [1.29, 1.82) is 0 Å². The summed E-state index contributed by atoms with van der Waals surface area (Å²) in [5.41, 5.74) is 3.66. The van der Waals surface area contributed by atoms with Gasteiger partial charge in [-0.25, -0.2) is 9.78 Å². The molecular weight excluding hydrogens is 400 g/mol. The van der Waals surface area contributed by atoms with Crippen LogP contribution in [0, 0.1) is 6.92 Å². The molecule has 3 heterocycles. The highest BCUT2D eigenvalue weighted by Crippen LogP contribution is 2.30. The van der Waals surface area contributed by atoms with Crippen LogP contribution in [0.1, 0.15) is 15.9 Å². The number of thiazole rings is 1. The van der Waals surface area contributed by atoms with Crippen LogP contribution in [-0.2, 0) is 0 Å². The maximum absolute atomic E-state index is 12.7. The van der Waals surface area contributed by atoms with E-state index in [1.54, 1.807) is 23.1 Å². The molecule has 1 aliphatic rings. The van der Waals surface area contributed by atoms with Gasteiger partial charge in [-0.3, -0.25) is 15.0 Å². The monoisotopic (exact) mass is 418 g/mol. The highest BCUT2D eigenvalue weighted by atomic mass is 32.1. The molecule has 8 heteroatoms. The number of benzene rings is 2. The van der Waals surface area contributed by atoms with Crippen molar-refractivity contribution in [1.82, 2.24) is 10.3 Å². The van der Waals surface area contributed by atoms with Gasteiger partial charge in [-0.05, 0) is 42.8 Å². The summed E-state index contributed by atoms with van der Waals surface area (Å²) in [6.45, 7) is 3.13. The van der Waals surface area contributed by atoms with Gasteiger partial charge < -0.3 is 9.73 Å². The molecule has 0 spiro atoms.